The van der Waals surface area contributed by atoms with Crippen LogP contribution in [0.4, 0.5) is 0 Å². The van der Waals surface area contributed by atoms with Gasteiger partial charge in [0.25, 0.3) is 0 Å². The lowest BCUT2D eigenvalue weighted by molar-refractivity contribution is -0.129. The molecule has 0 aliphatic carbocycles. The summed E-state index contributed by atoms with van der Waals surface area (Å²) in [5, 5.41) is 17.5. The number of aliphatic hydroxyl groups is 1. The summed E-state index contributed by atoms with van der Waals surface area (Å²) in [6, 6.07) is 24.4. The standard InChI is InChI=1S/C34H37Cl2N5O2/c1-24(42)40-15-14-33-32(23-40)34(28-8-12-30(36)13-9-28)37-41(33)22-31(43)21-39-18-16-38(17-19-39)20-25-2-4-26(5-3-25)27-6-10-29(35)11-7-27/h2-13,31,43H,14-23H2,1H3. The van der Waals surface area contributed by atoms with Crippen LogP contribution in [0.5, 0.6) is 0 Å². The number of carbonyl (C=O) groups is 1. The molecule has 0 saturated carbocycles. The van der Waals surface area contributed by atoms with E-state index in [1.807, 2.05) is 58.1 Å². The van der Waals surface area contributed by atoms with Crippen LogP contribution in [0.3, 0.4) is 0 Å². The average molecular weight is 619 g/mol. The lowest BCUT2D eigenvalue weighted by atomic mass is 10.0. The number of aliphatic hydroxyl groups excluding tert-OH is 1. The van der Waals surface area contributed by atoms with Crippen molar-refractivity contribution in [3.63, 3.8) is 0 Å². The van der Waals surface area contributed by atoms with Crippen LogP contribution in [-0.2, 0) is 30.8 Å². The third-order valence-electron chi connectivity index (χ3n) is 8.55. The van der Waals surface area contributed by atoms with Crippen LogP contribution in [0.15, 0.2) is 72.8 Å². The van der Waals surface area contributed by atoms with Gasteiger partial charge >= 0.3 is 0 Å². The molecule has 43 heavy (non-hydrogen) atoms. The van der Waals surface area contributed by atoms with E-state index in [1.165, 1.54) is 11.1 Å². The number of nitrogens with zero attached hydrogens (tertiary/aromatic N) is 5. The molecular formula is C34H37Cl2N5O2. The number of piperazine rings is 1. The van der Waals surface area contributed by atoms with E-state index in [4.69, 9.17) is 28.3 Å². The van der Waals surface area contributed by atoms with E-state index in [-0.39, 0.29) is 5.91 Å². The summed E-state index contributed by atoms with van der Waals surface area (Å²) in [5.74, 6) is 0.0644. The Kier molecular flexibility index (Phi) is 9.17. The minimum Gasteiger partial charge on any atom is -0.390 e. The minimum atomic E-state index is -0.542. The fraction of sp³-hybridized carbons (Fsp3) is 0.353. The van der Waals surface area contributed by atoms with E-state index in [1.54, 1.807) is 6.92 Å². The van der Waals surface area contributed by atoms with Gasteiger partial charge in [-0.1, -0.05) is 71.7 Å². The molecule has 1 atom stereocenters. The maximum Gasteiger partial charge on any atom is 0.219 e. The highest BCUT2D eigenvalue weighted by Gasteiger charge is 2.28. The second kappa shape index (κ2) is 13.2. The van der Waals surface area contributed by atoms with E-state index >= 15 is 0 Å². The van der Waals surface area contributed by atoms with Gasteiger partial charge in [-0.3, -0.25) is 19.3 Å². The van der Waals surface area contributed by atoms with E-state index in [2.05, 4.69) is 34.1 Å². The zero-order valence-electron chi connectivity index (χ0n) is 24.4. The molecule has 7 nitrogen and oxygen atoms in total. The van der Waals surface area contributed by atoms with Crippen molar-refractivity contribution in [1.82, 2.24) is 24.5 Å². The number of β-amino-alcohol motifs (C(OH)–C–C–N with tert-alkyl or cyclic N) is 1. The summed E-state index contributed by atoms with van der Waals surface area (Å²) in [5.41, 5.74) is 7.65. The first-order valence-electron chi connectivity index (χ1n) is 14.9. The zero-order chi connectivity index (χ0) is 29.9. The highest BCUT2D eigenvalue weighted by atomic mass is 35.5. The van der Waals surface area contributed by atoms with Gasteiger partial charge in [0.15, 0.2) is 0 Å². The maximum absolute atomic E-state index is 12.1. The molecule has 4 aromatic rings. The third-order valence-corrected chi connectivity index (χ3v) is 9.06. The van der Waals surface area contributed by atoms with Crippen LogP contribution < -0.4 is 0 Å². The highest BCUT2D eigenvalue weighted by Crippen LogP contribution is 2.31. The molecule has 2 aliphatic rings. The van der Waals surface area contributed by atoms with E-state index in [9.17, 15) is 9.90 Å². The molecule has 0 bridgehead atoms. The van der Waals surface area contributed by atoms with Crippen molar-refractivity contribution in [2.45, 2.75) is 39.1 Å². The van der Waals surface area contributed by atoms with E-state index in [0.29, 0.717) is 31.2 Å². The Morgan fingerprint density at radius 3 is 1.95 bits per heavy atom. The molecule has 1 N–H and O–H groups in total. The molecule has 1 amide bonds. The molecular weight excluding hydrogens is 581 g/mol. The Bertz CT molecular complexity index is 1550. The first-order chi connectivity index (χ1) is 20.8. The Morgan fingerprint density at radius 2 is 1.35 bits per heavy atom. The summed E-state index contributed by atoms with van der Waals surface area (Å²) < 4.78 is 1.96. The number of benzene rings is 3. The summed E-state index contributed by atoms with van der Waals surface area (Å²) >= 11 is 12.2. The summed E-state index contributed by atoms with van der Waals surface area (Å²) in [6.45, 7) is 8.52. The fourth-order valence-corrected chi connectivity index (χ4v) is 6.39. The zero-order valence-corrected chi connectivity index (χ0v) is 25.9. The van der Waals surface area contributed by atoms with Crippen molar-refractivity contribution < 1.29 is 9.90 Å². The number of rotatable bonds is 8. The normalized spacial score (nSPS) is 16.7. The second-order valence-corrected chi connectivity index (χ2v) is 12.5. The van der Waals surface area contributed by atoms with Crippen molar-refractivity contribution in [3.05, 3.63) is 99.7 Å². The highest BCUT2D eigenvalue weighted by molar-refractivity contribution is 6.30. The van der Waals surface area contributed by atoms with Crippen molar-refractivity contribution in [3.8, 4) is 22.4 Å². The first kappa shape index (κ1) is 29.9. The second-order valence-electron chi connectivity index (χ2n) is 11.6. The molecule has 0 spiro atoms. The molecule has 1 saturated heterocycles. The van der Waals surface area contributed by atoms with Gasteiger partial charge in [-0.2, -0.15) is 5.10 Å². The van der Waals surface area contributed by atoms with Gasteiger partial charge in [0.1, 0.15) is 0 Å². The van der Waals surface area contributed by atoms with Crippen molar-refractivity contribution >= 4 is 29.1 Å². The number of amides is 1. The van der Waals surface area contributed by atoms with Crippen LogP contribution in [0.25, 0.3) is 22.4 Å². The number of aromatic nitrogens is 2. The Balaban J connectivity index is 1.04. The number of hydrogen-bond donors (Lipinski definition) is 1. The van der Waals surface area contributed by atoms with Gasteiger partial charge in [-0.25, -0.2) is 0 Å². The SMILES string of the molecule is CC(=O)N1CCc2c(c(-c3ccc(Cl)cc3)nn2CC(O)CN2CCN(Cc3ccc(-c4ccc(Cl)cc4)cc3)CC2)C1. The topological polar surface area (TPSA) is 64.8 Å². The number of carbonyl (C=O) groups excluding carboxylic acids is 1. The van der Waals surface area contributed by atoms with Crippen LogP contribution in [0.2, 0.25) is 10.0 Å². The lowest BCUT2D eigenvalue weighted by Crippen LogP contribution is -2.48. The third kappa shape index (κ3) is 7.14. The molecule has 3 aromatic carbocycles. The average Bonchev–Trinajstić information content (AvgIpc) is 3.36. The quantitative estimate of drug-likeness (QED) is 0.278. The molecule has 6 rings (SSSR count). The van der Waals surface area contributed by atoms with Crippen molar-refractivity contribution in [2.24, 2.45) is 0 Å². The van der Waals surface area contributed by atoms with Crippen molar-refractivity contribution in [1.29, 1.82) is 0 Å². The molecule has 2 aliphatic heterocycles. The van der Waals surface area contributed by atoms with E-state index < -0.39 is 6.10 Å². The van der Waals surface area contributed by atoms with Gasteiger partial charge in [-0.15, -0.1) is 0 Å². The van der Waals surface area contributed by atoms with Crippen LogP contribution in [0.1, 0.15) is 23.7 Å². The molecule has 3 heterocycles. The van der Waals surface area contributed by atoms with E-state index in [0.717, 1.165) is 72.2 Å². The first-order valence-corrected chi connectivity index (χ1v) is 15.7. The van der Waals surface area contributed by atoms with Gasteiger partial charge in [0.05, 0.1) is 18.3 Å². The van der Waals surface area contributed by atoms with Crippen LogP contribution in [0, 0.1) is 0 Å². The van der Waals surface area contributed by atoms with Gasteiger partial charge in [0.2, 0.25) is 5.91 Å². The smallest absolute Gasteiger partial charge is 0.219 e. The summed E-state index contributed by atoms with van der Waals surface area (Å²) in [6.07, 6.45) is 0.182. The summed E-state index contributed by atoms with van der Waals surface area (Å²) in [7, 11) is 0. The monoisotopic (exact) mass is 617 g/mol. The van der Waals surface area contributed by atoms with Gasteiger partial charge < -0.3 is 10.0 Å². The fourth-order valence-electron chi connectivity index (χ4n) is 6.14. The van der Waals surface area contributed by atoms with Crippen molar-refractivity contribution in [2.75, 3.05) is 39.3 Å². The number of hydrogen-bond acceptors (Lipinski definition) is 5. The Labute approximate surface area is 263 Å². The molecule has 0 radical (unpaired) electrons. The predicted octanol–water partition coefficient (Wildman–Crippen LogP) is 5.61. The number of halogens is 2. The molecule has 1 aromatic heterocycles. The molecule has 9 heteroatoms. The molecule has 1 unspecified atom stereocenters. The van der Waals surface area contributed by atoms with Gasteiger partial charge in [-0.05, 0) is 41.0 Å². The minimum absolute atomic E-state index is 0.0644. The Morgan fingerprint density at radius 1 is 0.791 bits per heavy atom. The van der Waals surface area contributed by atoms with Crippen LogP contribution in [-0.4, -0.2) is 80.9 Å². The Hall–Kier alpha value is -3.20. The maximum atomic E-state index is 12.1. The molecule has 224 valence electrons. The molecule has 1 fully saturated rings. The summed E-state index contributed by atoms with van der Waals surface area (Å²) in [4.78, 5) is 18.8. The largest absolute Gasteiger partial charge is 0.390 e. The lowest BCUT2D eigenvalue weighted by Gasteiger charge is -2.35. The van der Waals surface area contributed by atoms with Crippen LogP contribution >= 0.6 is 23.2 Å². The number of fused-ring (bicyclic) bond motifs is 1. The predicted molar refractivity (Wildman–Crippen MR) is 172 cm³/mol. The van der Waals surface area contributed by atoms with Gasteiger partial charge in [0, 0.05) is 92.6 Å².